The van der Waals surface area contributed by atoms with Gasteiger partial charge in [0.1, 0.15) is 17.4 Å². The lowest BCUT2D eigenvalue weighted by Crippen LogP contribution is -2.35. The third kappa shape index (κ3) is 3.96. The first-order valence-corrected chi connectivity index (χ1v) is 8.80. The van der Waals surface area contributed by atoms with Gasteiger partial charge in [-0.25, -0.2) is 9.07 Å². The lowest BCUT2D eigenvalue weighted by atomic mass is 9.97. The molecule has 6 nitrogen and oxygen atoms in total. The van der Waals surface area contributed by atoms with Crippen LogP contribution in [-0.4, -0.2) is 21.9 Å². The quantitative estimate of drug-likeness (QED) is 0.635. The minimum absolute atomic E-state index is 0.0658. The highest BCUT2D eigenvalue weighted by Gasteiger charge is 2.46. The summed E-state index contributed by atoms with van der Waals surface area (Å²) in [5.41, 5.74) is 0.366. The Morgan fingerprint density at radius 1 is 1.28 bits per heavy atom. The molecule has 2 aromatic heterocycles. The molecule has 10 heteroatoms. The monoisotopic (exact) mass is 408 g/mol. The lowest BCUT2D eigenvalue weighted by molar-refractivity contribution is -0.173. The van der Waals surface area contributed by atoms with Gasteiger partial charge < -0.3 is 15.1 Å². The predicted octanol–water partition coefficient (Wildman–Crippen LogP) is 4.21. The first kappa shape index (κ1) is 19.0. The maximum Gasteiger partial charge on any atom is 0.410 e. The number of nitrogens with zero attached hydrogens (tertiary/aromatic N) is 2. The van der Waals surface area contributed by atoms with Gasteiger partial charge in [-0.05, 0) is 29.8 Å². The molecule has 1 aliphatic rings. The highest BCUT2D eigenvalue weighted by molar-refractivity contribution is 5.93. The highest BCUT2D eigenvalue weighted by Crippen LogP contribution is 2.43. The number of fused-ring (bicyclic) bond motifs is 1. The number of carbonyl (C=O) groups excluding carboxylic acids is 1. The van der Waals surface area contributed by atoms with Gasteiger partial charge in [0.2, 0.25) is 0 Å². The summed E-state index contributed by atoms with van der Waals surface area (Å²) >= 11 is 0. The fourth-order valence-electron chi connectivity index (χ4n) is 3.27. The van der Waals surface area contributed by atoms with Crippen LogP contribution >= 0.6 is 0 Å². The molecule has 152 valence electrons. The summed E-state index contributed by atoms with van der Waals surface area (Å²) in [6.45, 7) is 0.0857. The van der Waals surface area contributed by atoms with Gasteiger partial charge in [-0.3, -0.25) is 4.79 Å². The SMILES string of the molecule is O=C(NCc1ccco1)c1cc2n(n1)[C@H](C(F)(F)F)C[C@@H](c1ccc(F)cc1)N2. The van der Waals surface area contributed by atoms with Crippen LogP contribution in [0.15, 0.2) is 53.1 Å². The highest BCUT2D eigenvalue weighted by atomic mass is 19.4. The Balaban J connectivity index is 1.59. The Kier molecular flexibility index (Phi) is 4.77. The zero-order chi connectivity index (χ0) is 20.6. The van der Waals surface area contributed by atoms with Crippen molar-refractivity contribution in [3.05, 3.63) is 71.6 Å². The van der Waals surface area contributed by atoms with Crippen LogP contribution in [0.4, 0.5) is 23.4 Å². The van der Waals surface area contributed by atoms with Gasteiger partial charge in [0.25, 0.3) is 5.91 Å². The molecule has 4 rings (SSSR count). The Hall–Kier alpha value is -3.30. The largest absolute Gasteiger partial charge is 0.467 e. The van der Waals surface area contributed by atoms with Crippen molar-refractivity contribution in [3.8, 4) is 0 Å². The molecule has 0 spiro atoms. The number of alkyl halides is 3. The smallest absolute Gasteiger partial charge is 0.410 e. The van der Waals surface area contributed by atoms with Crippen LogP contribution in [0.25, 0.3) is 0 Å². The number of amides is 1. The summed E-state index contributed by atoms with van der Waals surface area (Å²) in [6.07, 6.45) is -3.45. The number of nitrogens with one attached hydrogen (secondary N) is 2. The molecule has 0 bridgehead atoms. The molecule has 0 radical (unpaired) electrons. The lowest BCUT2D eigenvalue weighted by Gasteiger charge is -2.33. The molecule has 0 fully saturated rings. The molecular weight excluding hydrogens is 392 g/mol. The maximum absolute atomic E-state index is 13.7. The molecule has 0 saturated heterocycles. The molecule has 3 heterocycles. The van der Waals surface area contributed by atoms with Gasteiger partial charge in [-0.15, -0.1) is 0 Å². The van der Waals surface area contributed by atoms with E-state index in [-0.39, 0.29) is 24.5 Å². The number of carbonyl (C=O) groups is 1. The van der Waals surface area contributed by atoms with Crippen molar-refractivity contribution >= 4 is 11.7 Å². The first-order valence-electron chi connectivity index (χ1n) is 8.80. The fraction of sp³-hybridized carbons (Fsp3) is 0.263. The van der Waals surface area contributed by atoms with Crippen LogP contribution in [0.2, 0.25) is 0 Å². The molecule has 29 heavy (non-hydrogen) atoms. The molecule has 0 saturated carbocycles. The number of halogens is 4. The van der Waals surface area contributed by atoms with Gasteiger partial charge in [0.05, 0.1) is 18.8 Å². The van der Waals surface area contributed by atoms with Gasteiger partial charge in [0.15, 0.2) is 11.7 Å². The number of rotatable bonds is 4. The maximum atomic E-state index is 13.7. The number of furan rings is 1. The summed E-state index contributed by atoms with van der Waals surface area (Å²) in [5, 5.41) is 9.39. The summed E-state index contributed by atoms with van der Waals surface area (Å²) in [6, 6.07) is 7.22. The molecule has 2 N–H and O–H groups in total. The topological polar surface area (TPSA) is 72.1 Å². The molecule has 1 amide bonds. The van der Waals surface area contributed by atoms with E-state index in [1.165, 1.54) is 36.6 Å². The third-order valence-corrected chi connectivity index (χ3v) is 4.70. The zero-order valence-corrected chi connectivity index (χ0v) is 14.9. The van der Waals surface area contributed by atoms with Gasteiger partial charge in [0, 0.05) is 12.5 Å². The Morgan fingerprint density at radius 3 is 2.69 bits per heavy atom. The normalized spacial score (nSPS) is 18.8. The minimum Gasteiger partial charge on any atom is -0.467 e. The first-order chi connectivity index (χ1) is 13.8. The Bertz CT molecular complexity index is 996. The fourth-order valence-corrected chi connectivity index (χ4v) is 3.27. The molecule has 3 aromatic rings. The number of benzene rings is 1. The van der Waals surface area contributed by atoms with Crippen LogP contribution in [0.3, 0.4) is 0 Å². The van der Waals surface area contributed by atoms with E-state index < -0.39 is 30.0 Å². The van der Waals surface area contributed by atoms with Crippen LogP contribution in [0, 0.1) is 5.82 Å². The van der Waals surface area contributed by atoms with E-state index in [0.717, 1.165) is 4.68 Å². The van der Waals surface area contributed by atoms with Gasteiger partial charge in [-0.2, -0.15) is 18.3 Å². The average molecular weight is 408 g/mol. The molecule has 1 aliphatic heterocycles. The van der Waals surface area contributed by atoms with Gasteiger partial charge in [-0.1, -0.05) is 12.1 Å². The van der Waals surface area contributed by atoms with Crippen molar-refractivity contribution in [2.24, 2.45) is 0 Å². The van der Waals surface area contributed by atoms with Crippen LogP contribution in [0.1, 0.15) is 40.3 Å². The molecular formula is C19H16F4N4O2. The summed E-state index contributed by atoms with van der Waals surface area (Å²) < 4.78 is 60.0. The minimum atomic E-state index is -4.57. The van der Waals surface area contributed by atoms with Gasteiger partial charge >= 0.3 is 6.18 Å². The summed E-state index contributed by atoms with van der Waals surface area (Å²) in [5.74, 6) is -0.525. The molecule has 1 aromatic carbocycles. The number of hydrogen-bond acceptors (Lipinski definition) is 4. The van der Waals surface area contributed by atoms with E-state index in [9.17, 15) is 22.4 Å². The standard InChI is InChI=1S/C19H16F4N4O2/c20-12-5-3-11(4-6-12)14-8-16(19(21,22)23)27-17(25-14)9-15(26-27)18(28)24-10-13-2-1-7-29-13/h1-7,9,14,16,25H,8,10H2,(H,24,28)/t14-,16-/m0/s1. The molecule has 2 atom stereocenters. The van der Waals surface area contributed by atoms with Crippen molar-refractivity contribution in [3.63, 3.8) is 0 Å². The Labute approximate surface area is 162 Å². The van der Waals surface area contributed by atoms with E-state index in [1.807, 2.05) is 0 Å². The van der Waals surface area contributed by atoms with Crippen LogP contribution in [-0.2, 0) is 6.54 Å². The van der Waals surface area contributed by atoms with Crippen molar-refractivity contribution in [2.45, 2.75) is 31.2 Å². The second kappa shape index (κ2) is 7.26. The number of hydrogen-bond donors (Lipinski definition) is 2. The third-order valence-electron chi connectivity index (χ3n) is 4.70. The second-order valence-electron chi connectivity index (χ2n) is 6.66. The van der Waals surface area contributed by atoms with E-state index in [2.05, 4.69) is 15.7 Å². The number of aromatic nitrogens is 2. The van der Waals surface area contributed by atoms with E-state index in [4.69, 9.17) is 4.42 Å². The summed E-state index contributed by atoms with van der Waals surface area (Å²) in [4.78, 5) is 12.3. The van der Waals surface area contributed by atoms with E-state index in [1.54, 1.807) is 12.1 Å². The summed E-state index contributed by atoms with van der Waals surface area (Å²) in [7, 11) is 0. The van der Waals surface area contributed by atoms with Crippen LogP contribution < -0.4 is 10.6 Å². The molecule has 0 unspecified atom stereocenters. The Morgan fingerprint density at radius 2 is 2.03 bits per heavy atom. The van der Waals surface area contributed by atoms with E-state index in [0.29, 0.717) is 11.3 Å². The molecule has 0 aliphatic carbocycles. The van der Waals surface area contributed by atoms with Crippen molar-refractivity contribution in [1.82, 2.24) is 15.1 Å². The zero-order valence-electron chi connectivity index (χ0n) is 14.9. The second-order valence-corrected chi connectivity index (χ2v) is 6.66. The van der Waals surface area contributed by atoms with E-state index >= 15 is 0 Å². The van der Waals surface area contributed by atoms with Crippen molar-refractivity contribution < 1.29 is 26.8 Å². The predicted molar refractivity (Wildman–Crippen MR) is 94.6 cm³/mol. The average Bonchev–Trinajstić information content (AvgIpc) is 3.34. The van der Waals surface area contributed by atoms with Crippen molar-refractivity contribution in [1.29, 1.82) is 0 Å². The van der Waals surface area contributed by atoms with Crippen molar-refractivity contribution in [2.75, 3.05) is 5.32 Å². The number of anilines is 1. The van der Waals surface area contributed by atoms with Crippen LogP contribution in [0.5, 0.6) is 0 Å².